The van der Waals surface area contributed by atoms with E-state index in [0.29, 0.717) is 24.3 Å². The van der Waals surface area contributed by atoms with Crippen LogP contribution in [-0.4, -0.2) is 60.8 Å². The molecule has 0 radical (unpaired) electrons. The molecule has 7 heteroatoms. The molecule has 0 saturated carbocycles. The Labute approximate surface area is 141 Å². The maximum absolute atomic E-state index is 12.8. The highest BCUT2D eigenvalue weighted by molar-refractivity contribution is 5.89. The lowest BCUT2D eigenvalue weighted by Crippen LogP contribution is -2.49. The molecule has 1 unspecified atom stereocenters. The highest BCUT2D eigenvalue weighted by Gasteiger charge is 2.30. The maximum atomic E-state index is 12.8. The van der Waals surface area contributed by atoms with E-state index >= 15 is 0 Å². The number of amides is 2. The van der Waals surface area contributed by atoms with Crippen molar-refractivity contribution in [2.45, 2.75) is 20.0 Å². The normalized spacial score (nSPS) is 16.4. The van der Waals surface area contributed by atoms with Crippen molar-refractivity contribution in [3.8, 4) is 0 Å². The molecule has 130 valence electrons. The molecule has 24 heavy (non-hydrogen) atoms. The number of carbonyl (C=O) groups is 3. The quantitative estimate of drug-likeness (QED) is 0.833. The van der Waals surface area contributed by atoms with Crippen LogP contribution in [0.1, 0.15) is 25.5 Å². The van der Waals surface area contributed by atoms with Gasteiger partial charge >= 0.3 is 5.97 Å². The number of anilines is 1. The Morgan fingerprint density at radius 3 is 2.12 bits per heavy atom. The molecule has 1 N–H and O–H groups in total. The van der Waals surface area contributed by atoms with E-state index in [-0.39, 0.29) is 11.8 Å². The van der Waals surface area contributed by atoms with E-state index in [2.05, 4.69) is 10.2 Å². The molecule has 0 aliphatic carbocycles. The van der Waals surface area contributed by atoms with Crippen LogP contribution in [0.4, 0.5) is 5.69 Å². The third-order valence-corrected chi connectivity index (χ3v) is 3.86. The fraction of sp³-hybridized carbons (Fsp3) is 0.471. The molecule has 1 aromatic rings. The first-order valence-corrected chi connectivity index (χ1v) is 7.89. The number of piperazine rings is 1. The van der Waals surface area contributed by atoms with Crippen molar-refractivity contribution in [3.05, 3.63) is 29.8 Å². The van der Waals surface area contributed by atoms with Gasteiger partial charge in [-0.15, -0.1) is 0 Å². The van der Waals surface area contributed by atoms with Crippen LogP contribution >= 0.6 is 0 Å². The molecule has 2 rings (SSSR count). The van der Waals surface area contributed by atoms with Crippen LogP contribution in [0.2, 0.25) is 0 Å². The van der Waals surface area contributed by atoms with Gasteiger partial charge in [0.25, 0.3) is 5.91 Å². The highest BCUT2D eigenvalue weighted by Crippen LogP contribution is 2.23. The minimum absolute atomic E-state index is 0.173. The molecule has 1 saturated heterocycles. The summed E-state index contributed by atoms with van der Waals surface area (Å²) in [5, 5.41) is 2.66. The van der Waals surface area contributed by atoms with Crippen molar-refractivity contribution >= 4 is 23.5 Å². The second kappa shape index (κ2) is 7.92. The van der Waals surface area contributed by atoms with Gasteiger partial charge in [0, 0.05) is 51.3 Å². The van der Waals surface area contributed by atoms with Gasteiger partial charge in [-0.1, -0.05) is 12.1 Å². The van der Waals surface area contributed by atoms with Gasteiger partial charge in [-0.25, -0.2) is 0 Å². The number of likely N-dealkylation sites (N-methyl/N-ethyl adjacent to an activating group) is 1. The Kier molecular flexibility index (Phi) is 5.92. The molecule has 0 aromatic heterocycles. The molecular formula is C17H23N3O4. The number of nitrogens with one attached hydrogen (secondary N) is 1. The molecule has 1 fully saturated rings. The summed E-state index contributed by atoms with van der Waals surface area (Å²) in [4.78, 5) is 39.1. The molecule has 0 bridgehead atoms. The van der Waals surface area contributed by atoms with Gasteiger partial charge in [-0.2, -0.15) is 0 Å². The number of rotatable bonds is 4. The third kappa shape index (κ3) is 4.79. The van der Waals surface area contributed by atoms with E-state index in [1.165, 1.54) is 13.8 Å². The van der Waals surface area contributed by atoms with Crippen LogP contribution < -0.4 is 5.32 Å². The number of nitrogens with zero attached hydrogens (tertiary/aromatic N) is 2. The molecule has 1 aliphatic heterocycles. The van der Waals surface area contributed by atoms with Crippen LogP contribution in [0.15, 0.2) is 24.3 Å². The van der Waals surface area contributed by atoms with Crippen molar-refractivity contribution in [3.63, 3.8) is 0 Å². The minimum Gasteiger partial charge on any atom is -0.447 e. The first-order valence-electron chi connectivity index (χ1n) is 7.89. The molecular weight excluding hydrogens is 310 g/mol. The number of benzene rings is 1. The Bertz CT molecular complexity index is 607. The summed E-state index contributed by atoms with van der Waals surface area (Å²) in [7, 11) is 2.01. The van der Waals surface area contributed by atoms with Crippen molar-refractivity contribution in [2.75, 3.05) is 38.5 Å². The van der Waals surface area contributed by atoms with Crippen LogP contribution in [0.25, 0.3) is 0 Å². The smallest absolute Gasteiger partial charge is 0.303 e. The van der Waals surface area contributed by atoms with Gasteiger partial charge in [0.15, 0.2) is 0 Å². The second-order valence-corrected chi connectivity index (χ2v) is 5.92. The van der Waals surface area contributed by atoms with Crippen molar-refractivity contribution in [1.29, 1.82) is 0 Å². The fourth-order valence-corrected chi connectivity index (χ4v) is 2.56. The molecule has 1 aliphatic rings. The van der Waals surface area contributed by atoms with Crippen LogP contribution in [0.5, 0.6) is 0 Å². The van der Waals surface area contributed by atoms with Crippen LogP contribution in [-0.2, 0) is 19.1 Å². The second-order valence-electron chi connectivity index (χ2n) is 5.92. The standard InChI is InChI=1S/C17H23N3O4/c1-12(21)18-15-6-4-14(5-7-15)16(24-13(2)22)17(23)20-10-8-19(3)9-11-20/h4-7,16H,8-11H2,1-3H3,(H,18,21). The van der Waals surface area contributed by atoms with E-state index in [9.17, 15) is 14.4 Å². The first-order chi connectivity index (χ1) is 11.4. The SMILES string of the molecule is CC(=O)Nc1ccc(C(OC(C)=O)C(=O)N2CCN(C)CC2)cc1. The van der Waals surface area contributed by atoms with Crippen LogP contribution in [0.3, 0.4) is 0 Å². The van der Waals surface area contributed by atoms with Gasteiger partial charge in [-0.3, -0.25) is 14.4 Å². The average molecular weight is 333 g/mol. The van der Waals surface area contributed by atoms with Gasteiger partial charge < -0.3 is 19.9 Å². The fourth-order valence-electron chi connectivity index (χ4n) is 2.56. The topological polar surface area (TPSA) is 78.9 Å². The lowest BCUT2D eigenvalue weighted by atomic mass is 10.1. The van der Waals surface area contributed by atoms with Crippen molar-refractivity contribution < 1.29 is 19.1 Å². The van der Waals surface area contributed by atoms with E-state index in [1.807, 2.05) is 7.05 Å². The number of ether oxygens (including phenoxy) is 1. The summed E-state index contributed by atoms with van der Waals surface area (Å²) < 4.78 is 5.27. The van der Waals surface area contributed by atoms with Gasteiger partial charge in [0.05, 0.1) is 0 Å². The van der Waals surface area contributed by atoms with Gasteiger partial charge in [0.2, 0.25) is 12.0 Å². The van der Waals surface area contributed by atoms with E-state index in [1.54, 1.807) is 29.2 Å². The summed E-state index contributed by atoms with van der Waals surface area (Å²) in [6.07, 6.45) is -0.961. The van der Waals surface area contributed by atoms with Crippen molar-refractivity contribution in [2.24, 2.45) is 0 Å². The lowest BCUT2D eigenvalue weighted by molar-refractivity contribution is -0.160. The predicted octanol–water partition coefficient (Wildman–Crippen LogP) is 1.02. The Hall–Kier alpha value is -2.41. The maximum Gasteiger partial charge on any atom is 0.303 e. The predicted molar refractivity (Wildman–Crippen MR) is 89.3 cm³/mol. The molecule has 2 amide bonds. The summed E-state index contributed by atoms with van der Waals surface area (Å²) in [5.41, 5.74) is 1.21. The zero-order valence-electron chi connectivity index (χ0n) is 14.2. The Balaban J connectivity index is 2.16. The monoisotopic (exact) mass is 333 g/mol. The summed E-state index contributed by atoms with van der Waals surface area (Å²) in [5.74, 6) is -0.896. The van der Waals surface area contributed by atoms with Gasteiger partial charge in [-0.05, 0) is 19.2 Å². The zero-order chi connectivity index (χ0) is 17.7. The Morgan fingerprint density at radius 1 is 1.04 bits per heavy atom. The minimum atomic E-state index is -0.961. The zero-order valence-corrected chi connectivity index (χ0v) is 14.2. The third-order valence-electron chi connectivity index (χ3n) is 3.86. The average Bonchev–Trinajstić information content (AvgIpc) is 2.53. The number of carbonyl (C=O) groups excluding carboxylic acids is 3. The molecule has 7 nitrogen and oxygen atoms in total. The Morgan fingerprint density at radius 2 is 1.62 bits per heavy atom. The van der Waals surface area contributed by atoms with Gasteiger partial charge in [0.1, 0.15) is 0 Å². The molecule has 1 heterocycles. The van der Waals surface area contributed by atoms with E-state index in [0.717, 1.165) is 13.1 Å². The first kappa shape index (κ1) is 17.9. The largest absolute Gasteiger partial charge is 0.447 e. The number of hydrogen-bond acceptors (Lipinski definition) is 5. The van der Waals surface area contributed by atoms with E-state index in [4.69, 9.17) is 4.74 Å². The molecule has 1 atom stereocenters. The highest BCUT2D eigenvalue weighted by atomic mass is 16.5. The summed E-state index contributed by atoms with van der Waals surface area (Å²) in [6.45, 7) is 5.51. The van der Waals surface area contributed by atoms with Crippen LogP contribution in [0, 0.1) is 0 Å². The van der Waals surface area contributed by atoms with Crippen molar-refractivity contribution in [1.82, 2.24) is 9.80 Å². The lowest BCUT2D eigenvalue weighted by Gasteiger charge is -2.34. The molecule has 0 spiro atoms. The summed E-state index contributed by atoms with van der Waals surface area (Å²) >= 11 is 0. The molecule has 1 aromatic carbocycles. The number of hydrogen-bond donors (Lipinski definition) is 1. The summed E-state index contributed by atoms with van der Waals surface area (Å²) in [6, 6.07) is 6.74. The number of esters is 1. The van der Waals surface area contributed by atoms with E-state index < -0.39 is 12.1 Å².